The van der Waals surface area contributed by atoms with E-state index in [1.165, 1.54) is 44.1 Å². The van der Waals surface area contributed by atoms with Crippen LogP contribution in [-0.2, 0) is 0 Å². The maximum absolute atomic E-state index is 3.91. The second kappa shape index (κ2) is 5.52. The van der Waals surface area contributed by atoms with E-state index in [9.17, 15) is 0 Å². The largest absolute Gasteiger partial charge is 0.311 e. The van der Waals surface area contributed by atoms with Crippen molar-refractivity contribution in [2.45, 2.75) is 77.3 Å². The van der Waals surface area contributed by atoms with E-state index in [2.05, 4.69) is 50.4 Å². The SMILES string of the molecule is Cc1ccccc1C1CC(NC2CCC(C)(C)CC2)C1. The maximum Gasteiger partial charge on any atom is 0.00813 e. The molecule has 2 saturated carbocycles. The van der Waals surface area contributed by atoms with Gasteiger partial charge < -0.3 is 5.32 Å². The van der Waals surface area contributed by atoms with E-state index < -0.39 is 0 Å². The van der Waals surface area contributed by atoms with Gasteiger partial charge in [-0.25, -0.2) is 0 Å². The van der Waals surface area contributed by atoms with Crippen LogP contribution < -0.4 is 5.32 Å². The number of rotatable bonds is 3. The highest BCUT2D eigenvalue weighted by Gasteiger charge is 2.34. The first-order valence-corrected chi connectivity index (χ1v) is 8.35. The molecule has 0 unspecified atom stereocenters. The zero-order chi connectivity index (χ0) is 14.2. The molecule has 1 nitrogen and oxygen atoms in total. The van der Waals surface area contributed by atoms with Gasteiger partial charge in [-0.1, -0.05) is 38.1 Å². The lowest BCUT2D eigenvalue weighted by Crippen LogP contribution is -2.47. The molecule has 1 aromatic rings. The van der Waals surface area contributed by atoms with Gasteiger partial charge in [0.05, 0.1) is 0 Å². The van der Waals surface area contributed by atoms with E-state index in [-0.39, 0.29) is 0 Å². The third kappa shape index (κ3) is 3.09. The van der Waals surface area contributed by atoms with E-state index in [4.69, 9.17) is 0 Å². The molecule has 1 heteroatoms. The molecule has 0 saturated heterocycles. The summed E-state index contributed by atoms with van der Waals surface area (Å²) in [5.41, 5.74) is 3.63. The Morgan fingerprint density at radius 1 is 1.00 bits per heavy atom. The molecule has 0 aromatic heterocycles. The van der Waals surface area contributed by atoms with Crippen molar-refractivity contribution in [2.24, 2.45) is 5.41 Å². The van der Waals surface area contributed by atoms with Crippen molar-refractivity contribution in [3.63, 3.8) is 0 Å². The van der Waals surface area contributed by atoms with Crippen molar-refractivity contribution in [1.29, 1.82) is 0 Å². The highest BCUT2D eigenvalue weighted by Crippen LogP contribution is 2.40. The number of benzene rings is 1. The first-order chi connectivity index (χ1) is 9.53. The lowest BCUT2D eigenvalue weighted by molar-refractivity contribution is 0.174. The normalized spacial score (nSPS) is 29.9. The van der Waals surface area contributed by atoms with Gasteiger partial charge in [0.25, 0.3) is 0 Å². The zero-order valence-corrected chi connectivity index (χ0v) is 13.3. The van der Waals surface area contributed by atoms with Crippen LogP contribution in [0.3, 0.4) is 0 Å². The summed E-state index contributed by atoms with van der Waals surface area (Å²) in [5.74, 6) is 0.800. The van der Waals surface area contributed by atoms with Crippen molar-refractivity contribution in [2.75, 3.05) is 0 Å². The van der Waals surface area contributed by atoms with Crippen molar-refractivity contribution in [3.8, 4) is 0 Å². The van der Waals surface area contributed by atoms with E-state index in [1.54, 1.807) is 5.56 Å². The Kier molecular flexibility index (Phi) is 3.90. The number of hydrogen-bond donors (Lipinski definition) is 1. The van der Waals surface area contributed by atoms with Gasteiger partial charge in [-0.05, 0) is 67.9 Å². The van der Waals surface area contributed by atoms with Gasteiger partial charge in [0.1, 0.15) is 0 Å². The molecule has 1 aromatic carbocycles. The molecule has 0 bridgehead atoms. The molecule has 1 N–H and O–H groups in total. The predicted octanol–water partition coefficient (Wildman–Crippen LogP) is 4.80. The number of nitrogens with one attached hydrogen (secondary N) is 1. The molecule has 0 heterocycles. The van der Waals surface area contributed by atoms with Gasteiger partial charge in [0.15, 0.2) is 0 Å². The second-order valence-electron chi connectivity index (χ2n) is 7.83. The zero-order valence-electron chi connectivity index (χ0n) is 13.3. The van der Waals surface area contributed by atoms with Gasteiger partial charge in [0, 0.05) is 12.1 Å². The summed E-state index contributed by atoms with van der Waals surface area (Å²) in [5, 5.41) is 3.91. The van der Waals surface area contributed by atoms with E-state index in [0.717, 1.165) is 18.0 Å². The fraction of sp³-hybridized carbons (Fsp3) is 0.684. The van der Waals surface area contributed by atoms with Gasteiger partial charge in [-0.3, -0.25) is 0 Å². The highest BCUT2D eigenvalue weighted by molar-refractivity contribution is 5.31. The minimum Gasteiger partial charge on any atom is -0.311 e. The second-order valence-corrected chi connectivity index (χ2v) is 7.83. The Bertz CT molecular complexity index is 447. The average Bonchev–Trinajstić information content (AvgIpc) is 2.36. The van der Waals surface area contributed by atoms with Crippen molar-refractivity contribution in [3.05, 3.63) is 35.4 Å². The fourth-order valence-corrected chi connectivity index (χ4v) is 3.95. The third-order valence-corrected chi connectivity index (χ3v) is 5.58. The van der Waals surface area contributed by atoms with Crippen LogP contribution in [0.4, 0.5) is 0 Å². The molecule has 2 fully saturated rings. The summed E-state index contributed by atoms with van der Waals surface area (Å²) >= 11 is 0. The van der Waals surface area contributed by atoms with Crippen LogP contribution in [0.2, 0.25) is 0 Å². The minimum atomic E-state index is 0.585. The first kappa shape index (κ1) is 14.1. The minimum absolute atomic E-state index is 0.585. The monoisotopic (exact) mass is 271 g/mol. The molecule has 110 valence electrons. The quantitative estimate of drug-likeness (QED) is 0.832. The summed E-state index contributed by atoms with van der Waals surface area (Å²) in [6, 6.07) is 10.5. The van der Waals surface area contributed by atoms with E-state index >= 15 is 0 Å². The van der Waals surface area contributed by atoms with Gasteiger partial charge in [-0.15, -0.1) is 0 Å². The van der Waals surface area contributed by atoms with Crippen LogP contribution in [0.1, 0.15) is 69.4 Å². The highest BCUT2D eigenvalue weighted by atomic mass is 15.0. The predicted molar refractivity (Wildman–Crippen MR) is 86.1 cm³/mol. The molecule has 0 radical (unpaired) electrons. The summed E-state index contributed by atoms with van der Waals surface area (Å²) < 4.78 is 0. The Balaban J connectivity index is 1.46. The van der Waals surface area contributed by atoms with E-state index in [1.807, 2.05) is 0 Å². The van der Waals surface area contributed by atoms with Gasteiger partial charge in [0.2, 0.25) is 0 Å². The maximum atomic E-state index is 3.91. The van der Waals surface area contributed by atoms with Crippen molar-refractivity contribution < 1.29 is 0 Å². The third-order valence-electron chi connectivity index (χ3n) is 5.58. The lowest BCUT2D eigenvalue weighted by Gasteiger charge is -2.42. The van der Waals surface area contributed by atoms with Crippen LogP contribution in [0, 0.1) is 12.3 Å². The van der Waals surface area contributed by atoms with Crippen LogP contribution in [0.25, 0.3) is 0 Å². The van der Waals surface area contributed by atoms with Gasteiger partial charge >= 0.3 is 0 Å². The van der Waals surface area contributed by atoms with Crippen LogP contribution in [-0.4, -0.2) is 12.1 Å². The first-order valence-electron chi connectivity index (χ1n) is 8.35. The average molecular weight is 271 g/mol. The molecule has 0 aliphatic heterocycles. The van der Waals surface area contributed by atoms with Crippen LogP contribution >= 0.6 is 0 Å². The Morgan fingerprint density at radius 3 is 2.30 bits per heavy atom. The molecular formula is C19H29N. The molecule has 0 atom stereocenters. The Hall–Kier alpha value is -0.820. The molecule has 0 amide bonds. The lowest BCUT2D eigenvalue weighted by atomic mass is 9.72. The molecule has 2 aliphatic carbocycles. The van der Waals surface area contributed by atoms with Crippen molar-refractivity contribution >= 4 is 0 Å². The van der Waals surface area contributed by atoms with Crippen LogP contribution in [0.15, 0.2) is 24.3 Å². The molecule has 3 rings (SSSR count). The number of hydrogen-bond acceptors (Lipinski definition) is 1. The van der Waals surface area contributed by atoms with Crippen molar-refractivity contribution in [1.82, 2.24) is 5.32 Å². The Labute approximate surface area is 124 Å². The smallest absolute Gasteiger partial charge is 0.00813 e. The number of aryl methyl sites for hydroxylation is 1. The summed E-state index contributed by atoms with van der Waals surface area (Å²) in [6.07, 6.45) is 8.20. The molecular weight excluding hydrogens is 242 g/mol. The summed E-state index contributed by atoms with van der Waals surface area (Å²) in [6.45, 7) is 7.08. The van der Waals surface area contributed by atoms with E-state index in [0.29, 0.717) is 5.41 Å². The van der Waals surface area contributed by atoms with Gasteiger partial charge in [-0.2, -0.15) is 0 Å². The molecule has 0 spiro atoms. The standard InChI is InChI=1S/C19H29N/c1-14-6-4-5-7-18(14)15-12-17(13-15)20-16-8-10-19(2,3)11-9-16/h4-7,15-17,20H,8-13H2,1-3H3. The fourth-order valence-electron chi connectivity index (χ4n) is 3.95. The summed E-state index contributed by atoms with van der Waals surface area (Å²) in [4.78, 5) is 0. The topological polar surface area (TPSA) is 12.0 Å². The summed E-state index contributed by atoms with van der Waals surface area (Å²) in [7, 11) is 0. The molecule has 20 heavy (non-hydrogen) atoms. The van der Waals surface area contributed by atoms with Crippen LogP contribution in [0.5, 0.6) is 0 Å². The molecule has 2 aliphatic rings. The Morgan fingerprint density at radius 2 is 1.65 bits per heavy atom.